The van der Waals surface area contributed by atoms with Crippen LogP contribution in [0.15, 0.2) is 53.5 Å². The smallest absolute Gasteiger partial charge is 0.519 e. The zero-order valence-electron chi connectivity index (χ0n) is 25.3. The summed E-state index contributed by atoms with van der Waals surface area (Å²) in [7, 11) is 0. The Morgan fingerprint density at radius 1 is 1.10 bits per heavy atom. The second-order valence-electron chi connectivity index (χ2n) is 12.9. The van der Waals surface area contributed by atoms with E-state index in [0.29, 0.717) is 18.7 Å². The summed E-state index contributed by atoms with van der Waals surface area (Å²) in [4.78, 5) is 7.28. The Kier molecular flexibility index (Phi) is 9.89. The molecule has 6 heteroatoms. The quantitative estimate of drug-likeness (QED) is 0.184. The normalized spacial score (nSPS) is 30.1. The van der Waals surface area contributed by atoms with E-state index in [1.165, 1.54) is 48.2 Å². The van der Waals surface area contributed by atoms with Gasteiger partial charge in [0.15, 0.2) is 0 Å². The summed E-state index contributed by atoms with van der Waals surface area (Å²) in [6.45, 7) is 10.6. The van der Waals surface area contributed by atoms with E-state index in [0.717, 1.165) is 31.5 Å². The number of aryl methyl sites for hydroxylation is 1. The summed E-state index contributed by atoms with van der Waals surface area (Å²) >= 11 is 0. The number of nitrogens with zero attached hydrogens (tertiary/aromatic N) is 2. The van der Waals surface area contributed by atoms with Gasteiger partial charge in [-0.2, -0.15) is 0 Å². The van der Waals surface area contributed by atoms with Gasteiger partial charge in [0, 0.05) is 22.7 Å². The predicted octanol–water partition coefficient (Wildman–Crippen LogP) is 6.16. The molecule has 2 aromatic carbocycles. The van der Waals surface area contributed by atoms with Crippen LogP contribution in [0, 0.1) is 41.0 Å². The number of anilines is 1. The molecule has 3 nitrogen and oxygen atoms in total. The van der Waals surface area contributed by atoms with E-state index >= 15 is 0 Å². The first kappa shape index (κ1) is 32.0. The molecule has 0 saturated heterocycles. The van der Waals surface area contributed by atoms with Crippen LogP contribution in [0.1, 0.15) is 78.2 Å². The standard InChI is InChI=1S/C32H39FN3.C2H5F.K/c1-21(2)29(34)35-23(4)31-14-12-30(19-31,13-15-31)20-36(28-18-32(33)17-27(28)32)26-7-5-6-25(16-26)24-10-8-22(3)9-11-24;1-2-3;/h5-11,16,21,27,34H,12-15,17-20H2,1-4H3;2H2,1H3;/q-1;;+1. The number of halogens is 2. The minimum absolute atomic E-state index is 0. The van der Waals surface area contributed by atoms with E-state index in [9.17, 15) is 8.78 Å². The number of rotatable bonds is 7. The van der Waals surface area contributed by atoms with Crippen LogP contribution in [0.3, 0.4) is 0 Å². The van der Waals surface area contributed by atoms with Crippen LogP contribution in [0.2, 0.25) is 0 Å². The molecule has 4 saturated carbocycles. The third kappa shape index (κ3) is 6.22. The predicted molar refractivity (Wildman–Crippen MR) is 159 cm³/mol. The fourth-order valence-corrected chi connectivity index (χ4v) is 7.22. The monoisotopic (exact) mass is 571 g/mol. The van der Waals surface area contributed by atoms with Gasteiger partial charge in [0.2, 0.25) is 0 Å². The van der Waals surface area contributed by atoms with Crippen molar-refractivity contribution in [1.82, 2.24) is 0 Å². The maximum Gasteiger partial charge on any atom is 1.00 e. The van der Waals surface area contributed by atoms with Crippen LogP contribution >= 0.6 is 0 Å². The van der Waals surface area contributed by atoms with Crippen LogP contribution in [0.4, 0.5) is 14.5 Å². The number of benzene rings is 2. The molecule has 2 aromatic rings. The average Bonchev–Trinajstić information content (AvgIpc) is 3.22. The van der Waals surface area contributed by atoms with Gasteiger partial charge < -0.3 is 4.90 Å². The average molecular weight is 572 g/mol. The Balaban J connectivity index is 0.000000886. The summed E-state index contributed by atoms with van der Waals surface area (Å²) in [5, 5.41) is 8.29. The summed E-state index contributed by atoms with van der Waals surface area (Å²) in [6.07, 6.45) is 7.17. The van der Waals surface area contributed by atoms with E-state index in [-0.39, 0.29) is 80.7 Å². The molecule has 4 aliphatic carbocycles. The molecule has 0 heterocycles. The molecule has 40 heavy (non-hydrogen) atoms. The largest absolute Gasteiger partial charge is 1.00 e. The molecule has 0 amide bonds. The number of amidine groups is 1. The number of aliphatic imine (C=N–C) groups is 1. The Morgan fingerprint density at radius 2 is 1.75 bits per heavy atom. The second kappa shape index (κ2) is 12.4. The van der Waals surface area contributed by atoms with Gasteiger partial charge in [-0.3, -0.25) is 9.80 Å². The fourth-order valence-electron chi connectivity index (χ4n) is 7.22. The van der Waals surface area contributed by atoms with Crippen molar-refractivity contribution in [3.63, 3.8) is 0 Å². The van der Waals surface area contributed by atoms with Crippen molar-refractivity contribution in [2.24, 2.45) is 27.7 Å². The first-order valence-electron chi connectivity index (χ1n) is 14.7. The van der Waals surface area contributed by atoms with Crippen molar-refractivity contribution in [2.75, 3.05) is 18.1 Å². The molecular weight excluding hydrogens is 527 g/mol. The van der Waals surface area contributed by atoms with Gasteiger partial charge in [-0.1, -0.05) is 55.8 Å². The molecule has 2 bridgehead atoms. The SMILES string of the molecule is CC(=NC(=N)C(C)C)C12CCC(CN(c3cccc(-c4ccc(C)cc4)c3)[C-]3CC4(F)CC34)(CC1)C2.CCF.[K+]. The van der Waals surface area contributed by atoms with Gasteiger partial charge >= 0.3 is 51.4 Å². The Labute approximate surface area is 282 Å². The summed E-state index contributed by atoms with van der Waals surface area (Å²) in [5.41, 5.74) is 5.55. The maximum atomic E-state index is 14.8. The molecule has 4 aliphatic rings. The van der Waals surface area contributed by atoms with Gasteiger partial charge in [-0.15, -0.1) is 12.3 Å². The van der Waals surface area contributed by atoms with Gasteiger partial charge in [0.1, 0.15) is 5.84 Å². The minimum atomic E-state index is -0.921. The molecule has 1 N–H and O–H groups in total. The molecule has 0 aromatic heterocycles. The van der Waals surface area contributed by atoms with Crippen molar-refractivity contribution in [1.29, 1.82) is 5.41 Å². The van der Waals surface area contributed by atoms with E-state index < -0.39 is 5.67 Å². The molecule has 210 valence electrons. The molecule has 0 aliphatic heterocycles. The van der Waals surface area contributed by atoms with Crippen molar-refractivity contribution in [2.45, 2.75) is 85.2 Å². The van der Waals surface area contributed by atoms with E-state index in [4.69, 9.17) is 10.4 Å². The van der Waals surface area contributed by atoms with Crippen LogP contribution < -0.4 is 56.3 Å². The molecule has 0 spiro atoms. The number of nitrogens with one attached hydrogen (secondary N) is 1. The molecule has 2 unspecified atom stereocenters. The Morgan fingerprint density at radius 3 is 2.30 bits per heavy atom. The Hall–Kier alpha value is -0.924. The maximum absolute atomic E-state index is 14.8. The zero-order chi connectivity index (χ0) is 28.0. The molecule has 6 rings (SSSR count). The van der Waals surface area contributed by atoms with Gasteiger partial charge in [0.25, 0.3) is 0 Å². The Bertz CT molecular complexity index is 1230. The van der Waals surface area contributed by atoms with Crippen LogP contribution in [-0.4, -0.2) is 30.4 Å². The first-order chi connectivity index (χ1) is 18.5. The number of hydrogen-bond donors (Lipinski definition) is 1. The van der Waals surface area contributed by atoms with Crippen LogP contribution in [0.25, 0.3) is 11.1 Å². The van der Waals surface area contributed by atoms with Crippen molar-refractivity contribution < 1.29 is 60.2 Å². The number of alkyl halides is 2. The fraction of sp³-hybridized carbons (Fsp3) is 0.559. The zero-order valence-corrected chi connectivity index (χ0v) is 28.4. The molecule has 0 radical (unpaired) electrons. The van der Waals surface area contributed by atoms with Gasteiger partial charge in [0.05, 0.1) is 12.3 Å². The van der Waals surface area contributed by atoms with Gasteiger partial charge in [-0.25, -0.2) is 15.4 Å². The van der Waals surface area contributed by atoms with Crippen molar-refractivity contribution in [3.8, 4) is 11.1 Å². The van der Waals surface area contributed by atoms with Crippen LogP contribution in [-0.2, 0) is 0 Å². The van der Waals surface area contributed by atoms with Crippen LogP contribution in [0.5, 0.6) is 0 Å². The number of hydrogen-bond acceptors (Lipinski definition) is 2. The first-order valence-corrected chi connectivity index (χ1v) is 14.7. The number of fused-ring (bicyclic) bond motifs is 3. The molecular formula is C34H44F2KN3. The van der Waals surface area contributed by atoms with Gasteiger partial charge in [-0.05, 0) is 94.5 Å². The second-order valence-corrected chi connectivity index (χ2v) is 12.9. The molecule has 2 atom stereocenters. The van der Waals surface area contributed by atoms with E-state index in [1.54, 1.807) is 0 Å². The molecule has 4 fully saturated rings. The minimum Gasteiger partial charge on any atom is -0.519 e. The third-order valence-corrected chi connectivity index (χ3v) is 9.85. The summed E-state index contributed by atoms with van der Waals surface area (Å²) in [6, 6.07) is 18.9. The van der Waals surface area contributed by atoms with Crippen molar-refractivity contribution >= 4 is 17.2 Å². The summed E-state index contributed by atoms with van der Waals surface area (Å²) in [5.74, 6) is 0.785. The van der Waals surface area contributed by atoms with E-state index in [1.807, 2.05) is 13.8 Å². The van der Waals surface area contributed by atoms with Crippen molar-refractivity contribution in [3.05, 3.63) is 60.1 Å². The topological polar surface area (TPSA) is 39.5 Å². The van der Waals surface area contributed by atoms with E-state index in [2.05, 4.69) is 67.3 Å². The third-order valence-electron chi connectivity index (χ3n) is 9.85. The summed E-state index contributed by atoms with van der Waals surface area (Å²) < 4.78 is 25.0.